The molecule has 0 atom stereocenters. The summed E-state index contributed by atoms with van der Waals surface area (Å²) in [6, 6.07) is 26.7. The molecule has 4 aromatic rings. The van der Waals surface area contributed by atoms with Gasteiger partial charge >= 0.3 is 0 Å². The highest BCUT2D eigenvalue weighted by Crippen LogP contribution is 2.24. The van der Waals surface area contributed by atoms with Crippen LogP contribution in [0.15, 0.2) is 95.3 Å². The van der Waals surface area contributed by atoms with Gasteiger partial charge < -0.3 is 4.57 Å². The van der Waals surface area contributed by atoms with Crippen molar-refractivity contribution in [2.24, 2.45) is 4.99 Å². The van der Waals surface area contributed by atoms with E-state index in [1.165, 1.54) is 17.7 Å². The number of nitro benzene ring substituents is 1. The Balaban J connectivity index is 1.82. The number of para-hydroxylation sites is 1. The van der Waals surface area contributed by atoms with Crippen LogP contribution in [0.5, 0.6) is 0 Å². The second-order valence-electron chi connectivity index (χ2n) is 6.23. The van der Waals surface area contributed by atoms with Crippen molar-refractivity contribution in [2.45, 2.75) is 6.54 Å². The van der Waals surface area contributed by atoms with E-state index in [1.807, 2.05) is 53.9 Å². The smallest absolute Gasteiger partial charge is 0.269 e. The average molecular weight is 387 g/mol. The van der Waals surface area contributed by atoms with Crippen molar-refractivity contribution in [3.63, 3.8) is 0 Å². The van der Waals surface area contributed by atoms with Crippen molar-refractivity contribution >= 4 is 22.7 Å². The van der Waals surface area contributed by atoms with Crippen molar-refractivity contribution in [1.29, 1.82) is 0 Å². The molecule has 0 aliphatic heterocycles. The Bertz CT molecular complexity index is 1150. The van der Waals surface area contributed by atoms with E-state index in [4.69, 9.17) is 4.99 Å². The molecular formula is C22H17N3O2S. The van der Waals surface area contributed by atoms with Crippen LogP contribution in [0.2, 0.25) is 0 Å². The fourth-order valence-corrected chi connectivity index (χ4v) is 3.86. The first-order valence-corrected chi connectivity index (χ1v) is 9.65. The lowest BCUT2D eigenvalue weighted by molar-refractivity contribution is -0.384. The van der Waals surface area contributed by atoms with Gasteiger partial charge in [0.25, 0.3) is 5.69 Å². The molecule has 0 amide bonds. The molecule has 0 fully saturated rings. The van der Waals surface area contributed by atoms with Crippen molar-refractivity contribution in [3.8, 4) is 11.3 Å². The lowest BCUT2D eigenvalue weighted by Gasteiger charge is -2.09. The van der Waals surface area contributed by atoms with Crippen LogP contribution in [-0.4, -0.2) is 9.49 Å². The maximum absolute atomic E-state index is 11.0. The molecule has 0 saturated carbocycles. The fourth-order valence-electron chi connectivity index (χ4n) is 2.94. The molecule has 0 N–H and O–H groups in total. The maximum Gasteiger partial charge on any atom is 0.269 e. The van der Waals surface area contributed by atoms with Gasteiger partial charge in [-0.15, -0.1) is 11.3 Å². The fraction of sp³-hybridized carbons (Fsp3) is 0.0455. The minimum absolute atomic E-state index is 0.0859. The van der Waals surface area contributed by atoms with Crippen LogP contribution < -0.4 is 4.80 Å². The Kier molecular flexibility index (Phi) is 5.12. The van der Waals surface area contributed by atoms with Gasteiger partial charge in [-0.25, -0.2) is 4.99 Å². The predicted octanol–water partition coefficient (Wildman–Crippen LogP) is 5.41. The first-order chi connectivity index (χ1) is 13.7. The zero-order valence-electron chi connectivity index (χ0n) is 14.9. The van der Waals surface area contributed by atoms with Gasteiger partial charge in [0.05, 0.1) is 22.8 Å². The zero-order valence-corrected chi connectivity index (χ0v) is 15.8. The molecule has 0 bridgehead atoms. The SMILES string of the molecule is O=[N+]([O-])c1ccc(-c2csc(=Nc3ccccc3)n2Cc2ccccc2)cc1. The van der Waals surface area contributed by atoms with Gasteiger partial charge in [0.1, 0.15) is 0 Å². The van der Waals surface area contributed by atoms with Crippen molar-refractivity contribution < 1.29 is 4.92 Å². The molecular weight excluding hydrogens is 370 g/mol. The number of hydrogen-bond donors (Lipinski definition) is 0. The zero-order chi connectivity index (χ0) is 19.3. The molecule has 0 aliphatic carbocycles. The summed E-state index contributed by atoms with van der Waals surface area (Å²) in [5, 5.41) is 13.0. The summed E-state index contributed by atoms with van der Waals surface area (Å²) < 4.78 is 2.15. The van der Waals surface area contributed by atoms with Crippen LogP contribution in [0.1, 0.15) is 5.56 Å². The third-order valence-electron chi connectivity index (χ3n) is 4.34. The molecule has 0 spiro atoms. The highest BCUT2D eigenvalue weighted by molar-refractivity contribution is 7.07. The van der Waals surface area contributed by atoms with Crippen LogP contribution in [-0.2, 0) is 6.54 Å². The number of benzene rings is 3. The second kappa shape index (κ2) is 8.02. The van der Waals surface area contributed by atoms with E-state index in [2.05, 4.69) is 16.7 Å². The molecule has 5 nitrogen and oxygen atoms in total. The van der Waals surface area contributed by atoms with E-state index >= 15 is 0 Å². The third kappa shape index (κ3) is 3.92. The molecule has 1 heterocycles. The number of nitrogens with zero attached hydrogens (tertiary/aromatic N) is 3. The van der Waals surface area contributed by atoms with Gasteiger partial charge in [-0.2, -0.15) is 0 Å². The summed E-state index contributed by atoms with van der Waals surface area (Å²) in [6.45, 7) is 0.669. The first kappa shape index (κ1) is 17.9. The summed E-state index contributed by atoms with van der Waals surface area (Å²) in [4.78, 5) is 16.2. The van der Waals surface area contributed by atoms with Gasteiger partial charge in [0.2, 0.25) is 0 Å². The molecule has 0 unspecified atom stereocenters. The first-order valence-electron chi connectivity index (χ1n) is 8.77. The van der Waals surface area contributed by atoms with Crippen LogP contribution in [0.4, 0.5) is 11.4 Å². The van der Waals surface area contributed by atoms with Crippen LogP contribution >= 0.6 is 11.3 Å². The van der Waals surface area contributed by atoms with Gasteiger partial charge in [0.15, 0.2) is 4.80 Å². The van der Waals surface area contributed by atoms with E-state index in [9.17, 15) is 10.1 Å². The highest BCUT2D eigenvalue weighted by atomic mass is 32.1. The molecule has 6 heteroatoms. The van der Waals surface area contributed by atoms with E-state index < -0.39 is 0 Å². The highest BCUT2D eigenvalue weighted by Gasteiger charge is 2.11. The monoisotopic (exact) mass is 387 g/mol. The summed E-state index contributed by atoms with van der Waals surface area (Å²) in [5.74, 6) is 0. The number of thiazole rings is 1. The lowest BCUT2D eigenvalue weighted by atomic mass is 10.1. The Labute approximate surface area is 166 Å². The largest absolute Gasteiger partial charge is 0.312 e. The van der Waals surface area contributed by atoms with Crippen molar-refractivity contribution in [3.05, 3.63) is 111 Å². The summed E-state index contributed by atoms with van der Waals surface area (Å²) in [5.41, 5.74) is 4.05. The molecule has 0 radical (unpaired) electrons. The van der Waals surface area contributed by atoms with Crippen LogP contribution in [0.3, 0.4) is 0 Å². The average Bonchev–Trinajstić information content (AvgIpc) is 3.11. The maximum atomic E-state index is 11.0. The topological polar surface area (TPSA) is 60.4 Å². The van der Waals surface area contributed by atoms with E-state index in [-0.39, 0.29) is 10.6 Å². The second-order valence-corrected chi connectivity index (χ2v) is 7.06. The van der Waals surface area contributed by atoms with Crippen LogP contribution in [0.25, 0.3) is 11.3 Å². The minimum atomic E-state index is -0.383. The normalized spacial score (nSPS) is 11.5. The van der Waals surface area contributed by atoms with Gasteiger partial charge in [0, 0.05) is 17.5 Å². The van der Waals surface area contributed by atoms with Crippen LogP contribution in [0, 0.1) is 10.1 Å². The quantitative estimate of drug-likeness (QED) is 0.340. The standard InChI is InChI=1S/C22H17N3O2S/c26-25(27)20-13-11-18(12-14-20)21-16-28-22(23-19-9-5-2-6-10-19)24(21)15-17-7-3-1-4-8-17/h1-14,16H,15H2. The number of nitro groups is 1. The number of rotatable bonds is 5. The molecule has 0 aliphatic rings. The molecule has 4 rings (SSSR count). The summed E-state index contributed by atoms with van der Waals surface area (Å²) in [7, 11) is 0. The van der Waals surface area contributed by atoms with Gasteiger partial charge in [-0.3, -0.25) is 10.1 Å². The Morgan fingerprint density at radius 2 is 1.54 bits per heavy atom. The molecule has 0 saturated heterocycles. The summed E-state index contributed by atoms with van der Waals surface area (Å²) in [6.07, 6.45) is 0. The van der Waals surface area contributed by atoms with E-state index in [0.29, 0.717) is 6.54 Å². The van der Waals surface area contributed by atoms with Crippen molar-refractivity contribution in [1.82, 2.24) is 4.57 Å². The van der Waals surface area contributed by atoms with Gasteiger partial charge in [-0.05, 0) is 35.4 Å². The van der Waals surface area contributed by atoms with Crippen molar-refractivity contribution in [2.75, 3.05) is 0 Å². The molecule has 1 aromatic heterocycles. The Morgan fingerprint density at radius 1 is 0.893 bits per heavy atom. The third-order valence-corrected chi connectivity index (χ3v) is 5.20. The number of aromatic nitrogens is 1. The predicted molar refractivity (Wildman–Crippen MR) is 112 cm³/mol. The Hall–Kier alpha value is -3.51. The number of non-ortho nitro benzene ring substituents is 1. The van der Waals surface area contributed by atoms with E-state index in [1.54, 1.807) is 23.5 Å². The molecule has 28 heavy (non-hydrogen) atoms. The Morgan fingerprint density at radius 3 is 2.18 bits per heavy atom. The molecule has 3 aromatic carbocycles. The number of hydrogen-bond acceptors (Lipinski definition) is 4. The lowest BCUT2D eigenvalue weighted by Crippen LogP contribution is -2.16. The summed E-state index contributed by atoms with van der Waals surface area (Å²) >= 11 is 1.56. The van der Waals surface area contributed by atoms with Gasteiger partial charge in [-0.1, -0.05) is 48.5 Å². The van der Waals surface area contributed by atoms with E-state index in [0.717, 1.165) is 21.7 Å². The minimum Gasteiger partial charge on any atom is -0.312 e. The molecule has 138 valence electrons.